The smallest absolute Gasteiger partial charge is 0.338 e. The van der Waals surface area contributed by atoms with Crippen molar-refractivity contribution >= 4 is 40.9 Å². The number of rotatable bonds is 7. The van der Waals surface area contributed by atoms with Crippen LogP contribution in [0.3, 0.4) is 0 Å². The lowest BCUT2D eigenvalue weighted by Gasteiger charge is -2.08. The van der Waals surface area contributed by atoms with Crippen LogP contribution in [-0.4, -0.2) is 23.5 Å². The summed E-state index contributed by atoms with van der Waals surface area (Å²) in [6.45, 7) is 1.70. The zero-order valence-corrected chi connectivity index (χ0v) is 15.2. The van der Waals surface area contributed by atoms with Gasteiger partial charge in [-0.15, -0.1) is 0 Å². The van der Waals surface area contributed by atoms with Gasteiger partial charge in [-0.25, -0.2) is 9.78 Å². The van der Waals surface area contributed by atoms with Crippen molar-refractivity contribution in [2.45, 2.75) is 26.2 Å². The summed E-state index contributed by atoms with van der Waals surface area (Å²) in [6, 6.07) is 8.64. The zero-order valence-electron chi connectivity index (χ0n) is 13.7. The van der Waals surface area contributed by atoms with Crippen LogP contribution in [0.4, 0.5) is 5.82 Å². The molecule has 0 atom stereocenters. The number of halogens is 2. The van der Waals surface area contributed by atoms with E-state index in [9.17, 15) is 9.59 Å². The normalized spacial score (nSPS) is 10.4. The molecule has 0 bridgehead atoms. The minimum absolute atomic E-state index is 0.160. The first-order valence-electron chi connectivity index (χ1n) is 7.86. The number of hydrogen-bond donors (Lipinski definition) is 1. The van der Waals surface area contributed by atoms with Crippen LogP contribution in [-0.2, 0) is 16.0 Å². The van der Waals surface area contributed by atoms with Gasteiger partial charge in [-0.2, -0.15) is 0 Å². The second-order valence-electron chi connectivity index (χ2n) is 5.41. The van der Waals surface area contributed by atoms with Crippen molar-refractivity contribution in [1.29, 1.82) is 0 Å². The van der Waals surface area contributed by atoms with E-state index >= 15 is 0 Å². The van der Waals surface area contributed by atoms with E-state index in [-0.39, 0.29) is 10.8 Å². The number of unbranched alkanes of at least 4 members (excludes halogenated alkanes) is 1. The van der Waals surface area contributed by atoms with E-state index in [1.54, 1.807) is 12.1 Å². The minimum Gasteiger partial charge on any atom is -0.452 e. The van der Waals surface area contributed by atoms with Crippen molar-refractivity contribution in [1.82, 2.24) is 4.98 Å². The number of carbonyl (C=O) groups excluding carboxylic acids is 2. The fourth-order valence-electron chi connectivity index (χ4n) is 2.08. The molecule has 1 aromatic heterocycles. The van der Waals surface area contributed by atoms with Gasteiger partial charge in [0, 0.05) is 6.20 Å². The van der Waals surface area contributed by atoms with Crippen LogP contribution >= 0.6 is 23.2 Å². The molecule has 0 aliphatic carbocycles. The van der Waals surface area contributed by atoms with Gasteiger partial charge in [-0.05, 0) is 36.6 Å². The maximum absolute atomic E-state index is 12.0. The topological polar surface area (TPSA) is 68.3 Å². The molecule has 1 N–H and O–H groups in total. The van der Waals surface area contributed by atoms with Crippen molar-refractivity contribution in [2.75, 3.05) is 11.9 Å². The number of ether oxygens (including phenoxy) is 1. The fraction of sp³-hybridized carbons (Fsp3) is 0.278. The van der Waals surface area contributed by atoms with Crippen molar-refractivity contribution in [3.8, 4) is 0 Å². The highest BCUT2D eigenvalue weighted by atomic mass is 35.5. The van der Waals surface area contributed by atoms with E-state index in [2.05, 4.69) is 17.2 Å². The Bertz CT molecular complexity index is 748. The number of nitrogens with one attached hydrogen (secondary N) is 1. The molecule has 1 heterocycles. The number of nitrogens with zero attached hydrogens (tertiary/aromatic N) is 1. The van der Waals surface area contributed by atoms with E-state index in [1.165, 1.54) is 17.8 Å². The molecule has 0 saturated carbocycles. The van der Waals surface area contributed by atoms with Gasteiger partial charge in [0.1, 0.15) is 0 Å². The minimum atomic E-state index is -0.563. The molecule has 132 valence electrons. The van der Waals surface area contributed by atoms with Gasteiger partial charge in [0.25, 0.3) is 5.91 Å². The first-order chi connectivity index (χ1) is 12.0. The number of pyridine rings is 1. The molecule has 2 aromatic rings. The Morgan fingerprint density at radius 1 is 1.20 bits per heavy atom. The van der Waals surface area contributed by atoms with E-state index in [0.29, 0.717) is 10.6 Å². The second kappa shape index (κ2) is 9.39. The molecular weight excluding hydrogens is 363 g/mol. The predicted molar refractivity (Wildman–Crippen MR) is 98.2 cm³/mol. The van der Waals surface area contributed by atoms with E-state index in [0.717, 1.165) is 19.3 Å². The summed E-state index contributed by atoms with van der Waals surface area (Å²) in [5.41, 5.74) is 1.57. The highest BCUT2D eigenvalue weighted by Crippen LogP contribution is 2.22. The van der Waals surface area contributed by atoms with Gasteiger partial charge >= 0.3 is 5.97 Å². The molecule has 2 rings (SSSR count). The predicted octanol–water partition coefficient (Wildman–Crippen LogP) is 4.53. The third-order valence-corrected chi connectivity index (χ3v) is 3.90. The number of aryl methyl sites for hydroxylation is 1. The Balaban J connectivity index is 1.85. The zero-order chi connectivity index (χ0) is 18.2. The highest BCUT2D eigenvalue weighted by Gasteiger charge is 2.12. The molecule has 0 fully saturated rings. The van der Waals surface area contributed by atoms with Crippen LogP contribution in [0.2, 0.25) is 10.0 Å². The summed E-state index contributed by atoms with van der Waals surface area (Å²) >= 11 is 11.6. The fourth-order valence-corrected chi connectivity index (χ4v) is 2.50. The van der Waals surface area contributed by atoms with E-state index in [1.807, 2.05) is 12.1 Å². The van der Waals surface area contributed by atoms with Crippen LogP contribution in [0, 0.1) is 0 Å². The van der Waals surface area contributed by atoms with Crippen LogP contribution in [0.25, 0.3) is 0 Å². The van der Waals surface area contributed by atoms with Gasteiger partial charge in [0.05, 0.1) is 15.6 Å². The molecule has 5 nitrogen and oxygen atoms in total. The second-order valence-corrected chi connectivity index (χ2v) is 6.25. The van der Waals surface area contributed by atoms with Crippen molar-refractivity contribution in [2.24, 2.45) is 0 Å². The summed E-state index contributed by atoms with van der Waals surface area (Å²) in [5.74, 6) is -0.940. The Labute approximate surface area is 156 Å². The number of anilines is 1. The van der Waals surface area contributed by atoms with Crippen LogP contribution < -0.4 is 5.32 Å². The summed E-state index contributed by atoms with van der Waals surface area (Å²) < 4.78 is 5.00. The Morgan fingerprint density at radius 3 is 2.56 bits per heavy atom. The number of aromatic nitrogens is 1. The Kier molecular flexibility index (Phi) is 7.22. The molecule has 0 saturated heterocycles. The quantitative estimate of drug-likeness (QED) is 0.716. The maximum atomic E-state index is 12.0. The molecule has 0 spiro atoms. The summed E-state index contributed by atoms with van der Waals surface area (Å²) in [5, 5.41) is 3.02. The number of carbonyl (C=O) groups is 2. The summed E-state index contributed by atoms with van der Waals surface area (Å²) in [4.78, 5) is 27.7. The maximum Gasteiger partial charge on any atom is 0.338 e. The molecule has 25 heavy (non-hydrogen) atoms. The van der Waals surface area contributed by atoms with Gasteiger partial charge in [0.15, 0.2) is 12.4 Å². The molecule has 0 unspecified atom stereocenters. The molecule has 0 radical (unpaired) electrons. The standard InChI is InChI=1S/C18H18Cl2N2O3/c1-2-3-4-12-5-7-13(8-6-12)18(24)25-11-16(23)22-17-15(20)9-14(19)10-21-17/h5-10H,2-4,11H2,1H3,(H,21,22,23). The van der Waals surface area contributed by atoms with Crippen molar-refractivity contribution in [3.05, 3.63) is 57.7 Å². The largest absolute Gasteiger partial charge is 0.452 e. The van der Waals surface area contributed by atoms with Crippen LogP contribution in [0.5, 0.6) is 0 Å². The number of esters is 1. The summed E-state index contributed by atoms with van der Waals surface area (Å²) in [7, 11) is 0. The third kappa shape index (κ3) is 6.03. The Morgan fingerprint density at radius 2 is 1.92 bits per heavy atom. The van der Waals surface area contributed by atoms with Gasteiger partial charge in [0.2, 0.25) is 0 Å². The number of benzene rings is 1. The highest BCUT2D eigenvalue weighted by molar-refractivity contribution is 6.36. The monoisotopic (exact) mass is 380 g/mol. The van der Waals surface area contributed by atoms with Gasteiger partial charge < -0.3 is 10.1 Å². The molecule has 0 aliphatic rings. The molecular formula is C18H18Cl2N2O3. The first kappa shape index (κ1) is 19.2. The first-order valence-corrected chi connectivity index (χ1v) is 8.62. The SMILES string of the molecule is CCCCc1ccc(C(=O)OCC(=O)Nc2ncc(Cl)cc2Cl)cc1. The molecule has 7 heteroatoms. The van der Waals surface area contributed by atoms with Crippen LogP contribution in [0.15, 0.2) is 36.5 Å². The lowest BCUT2D eigenvalue weighted by atomic mass is 10.1. The molecule has 0 aliphatic heterocycles. The molecule has 1 aromatic carbocycles. The Hall–Kier alpha value is -2.11. The molecule has 1 amide bonds. The van der Waals surface area contributed by atoms with Crippen LogP contribution in [0.1, 0.15) is 35.7 Å². The van der Waals surface area contributed by atoms with E-state index in [4.69, 9.17) is 27.9 Å². The van der Waals surface area contributed by atoms with Gasteiger partial charge in [-0.1, -0.05) is 48.7 Å². The average Bonchev–Trinajstić information content (AvgIpc) is 2.60. The van der Waals surface area contributed by atoms with Crippen molar-refractivity contribution in [3.63, 3.8) is 0 Å². The number of amides is 1. The van der Waals surface area contributed by atoms with Crippen molar-refractivity contribution < 1.29 is 14.3 Å². The summed E-state index contributed by atoms with van der Waals surface area (Å²) in [6.07, 6.45) is 4.55. The average molecular weight is 381 g/mol. The third-order valence-electron chi connectivity index (χ3n) is 3.41. The lowest BCUT2D eigenvalue weighted by molar-refractivity contribution is -0.119. The lowest BCUT2D eigenvalue weighted by Crippen LogP contribution is -2.21. The van der Waals surface area contributed by atoms with E-state index < -0.39 is 18.5 Å². The number of hydrogen-bond acceptors (Lipinski definition) is 4. The van der Waals surface area contributed by atoms with Gasteiger partial charge in [-0.3, -0.25) is 4.79 Å².